The minimum Gasteiger partial charge on any atom is -0.447 e. The summed E-state index contributed by atoms with van der Waals surface area (Å²) >= 11 is 0. The van der Waals surface area contributed by atoms with Crippen LogP contribution in [0.4, 0.5) is 9.18 Å². The zero-order chi connectivity index (χ0) is 13.3. The Hall–Kier alpha value is -1.13. The number of cyclic esters (lactones) is 1. The van der Waals surface area contributed by atoms with Crippen LogP contribution in [-0.4, -0.2) is 35.2 Å². The fraction of sp³-hybridized carbons (Fsp3) is 0.846. The summed E-state index contributed by atoms with van der Waals surface area (Å²) in [5.74, 6) is -0.149. The van der Waals surface area contributed by atoms with E-state index in [4.69, 9.17) is 4.74 Å². The van der Waals surface area contributed by atoms with E-state index in [-0.39, 0.29) is 37.3 Å². The summed E-state index contributed by atoms with van der Waals surface area (Å²) in [6.07, 6.45) is 1.71. The molecular formula is C13H20FNO3. The van der Waals surface area contributed by atoms with E-state index < -0.39 is 11.8 Å². The fourth-order valence-corrected chi connectivity index (χ4v) is 2.48. The molecule has 1 heterocycles. The summed E-state index contributed by atoms with van der Waals surface area (Å²) in [7, 11) is 0. The Kier molecular flexibility index (Phi) is 3.59. The van der Waals surface area contributed by atoms with Crippen LogP contribution in [0.5, 0.6) is 0 Å². The van der Waals surface area contributed by atoms with Gasteiger partial charge in [0.05, 0.1) is 6.04 Å². The summed E-state index contributed by atoms with van der Waals surface area (Å²) in [5.41, 5.74) is -1.17. The maximum absolute atomic E-state index is 13.8. The molecule has 0 radical (unpaired) electrons. The third-order valence-corrected chi connectivity index (χ3v) is 3.98. The number of carbonyl (C=O) groups is 2. The van der Waals surface area contributed by atoms with E-state index in [1.54, 1.807) is 0 Å². The van der Waals surface area contributed by atoms with E-state index in [1.807, 2.05) is 13.8 Å². The van der Waals surface area contributed by atoms with Gasteiger partial charge in [0.2, 0.25) is 5.91 Å². The number of carbonyl (C=O) groups excluding carboxylic acids is 2. The van der Waals surface area contributed by atoms with Crippen LogP contribution in [0.1, 0.15) is 46.0 Å². The summed E-state index contributed by atoms with van der Waals surface area (Å²) in [4.78, 5) is 24.7. The highest BCUT2D eigenvalue weighted by Gasteiger charge is 2.42. The molecule has 0 aromatic rings. The quantitative estimate of drug-likeness (QED) is 0.777. The minimum atomic E-state index is -1.17. The van der Waals surface area contributed by atoms with Gasteiger partial charge in [0.1, 0.15) is 12.3 Å². The van der Waals surface area contributed by atoms with Gasteiger partial charge in [-0.3, -0.25) is 4.79 Å². The highest BCUT2D eigenvalue weighted by molar-refractivity contribution is 5.93. The molecule has 1 saturated heterocycles. The number of nitrogens with zero attached hydrogens (tertiary/aromatic N) is 1. The molecule has 0 unspecified atom stereocenters. The number of rotatable bonds is 4. The van der Waals surface area contributed by atoms with Crippen LogP contribution >= 0.6 is 0 Å². The molecule has 0 aromatic heterocycles. The van der Waals surface area contributed by atoms with Crippen molar-refractivity contribution in [2.45, 2.75) is 57.7 Å². The molecule has 0 aromatic carbocycles. The van der Waals surface area contributed by atoms with Crippen molar-refractivity contribution in [1.29, 1.82) is 0 Å². The van der Waals surface area contributed by atoms with Crippen LogP contribution in [0.25, 0.3) is 0 Å². The maximum atomic E-state index is 13.8. The summed E-state index contributed by atoms with van der Waals surface area (Å²) in [5, 5.41) is 0. The molecule has 1 saturated carbocycles. The van der Waals surface area contributed by atoms with Gasteiger partial charge >= 0.3 is 6.09 Å². The number of imide groups is 1. The average Bonchev–Trinajstić information content (AvgIpc) is 2.65. The van der Waals surface area contributed by atoms with E-state index >= 15 is 0 Å². The molecule has 2 fully saturated rings. The summed E-state index contributed by atoms with van der Waals surface area (Å²) in [6, 6.07) is -0.207. The molecule has 4 nitrogen and oxygen atoms in total. The highest BCUT2D eigenvalue weighted by Crippen LogP contribution is 2.39. The lowest BCUT2D eigenvalue weighted by molar-refractivity contribution is -0.131. The van der Waals surface area contributed by atoms with E-state index in [9.17, 15) is 14.0 Å². The maximum Gasteiger partial charge on any atom is 0.416 e. The van der Waals surface area contributed by atoms with Crippen molar-refractivity contribution in [3.63, 3.8) is 0 Å². The van der Waals surface area contributed by atoms with Gasteiger partial charge in [-0.25, -0.2) is 14.1 Å². The topological polar surface area (TPSA) is 46.6 Å². The predicted octanol–water partition coefficient (Wildman–Crippen LogP) is 2.66. The Bertz CT molecular complexity index is 352. The van der Waals surface area contributed by atoms with Crippen molar-refractivity contribution in [3.8, 4) is 0 Å². The molecule has 2 rings (SSSR count). The van der Waals surface area contributed by atoms with Crippen molar-refractivity contribution in [1.82, 2.24) is 4.90 Å². The average molecular weight is 257 g/mol. The predicted molar refractivity (Wildman–Crippen MR) is 63.7 cm³/mol. The van der Waals surface area contributed by atoms with Crippen LogP contribution in [-0.2, 0) is 9.53 Å². The van der Waals surface area contributed by atoms with Gasteiger partial charge in [-0.15, -0.1) is 0 Å². The Morgan fingerprint density at radius 3 is 2.72 bits per heavy atom. The second kappa shape index (κ2) is 4.86. The van der Waals surface area contributed by atoms with Gasteiger partial charge in [-0.1, -0.05) is 13.8 Å². The largest absolute Gasteiger partial charge is 0.447 e. The van der Waals surface area contributed by atoms with Gasteiger partial charge in [0, 0.05) is 6.42 Å². The van der Waals surface area contributed by atoms with Crippen LogP contribution in [0, 0.1) is 5.92 Å². The molecule has 0 bridgehead atoms. The number of hydrogen-bond acceptors (Lipinski definition) is 3. The molecule has 1 aliphatic carbocycles. The number of amides is 2. The SMILES string of the molecule is CC(C)[C@@H]1COC(=O)N1C(=O)CCC1(F)CCC1. The van der Waals surface area contributed by atoms with Crippen molar-refractivity contribution in [3.05, 3.63) is 0 Å². The molecule has 18 heavy (non-hydrogen) atoms. The molecule has 1 aliphatic heterocycles. The Morgan fingerprint density at radius 1 is 1.56 bits per heavy atom. The van der Waals surface area contributed by atoms with Gasteiger partial charge in [0.25, 0.3) is 0 Å². The lowest BCUT2D eigenvalue weighted by Gasteiger charge is -2.34. The summed E-state index contributed by atoms with van der Waals surface area (Å²) < 4.78 is 18.7. The molecule has 1 atom stereocenters. The first-order valence-corrected chi connectivity index (χ1v) is 6.61. The summed E-state index contributed by atoms with van der Waals surface area (Å²) in [6.45, 7) is 4.13. The van der Waals surface area contributed by atoms with Crippen LogP contribution in [0.15, 0.2) is 0 Å². The van der Waals surface area contributed by atoms with E-state index in [1.165, 1.54) is 4.90 Å². The third-order valence-electron chi connectivity index (χ3n) is 3.98. The van der Waals surface area contributed by atoms with Crippen LogP contribution in [0.3, 0.4) is 0 Å². The second-order valence-electron chi connectivity index (χ2n) is 5.66. The smallest absolute Gasteiger partial charge is 0.416 e. The monoisotopic (exact) mass is 257 g/mol. The zero-order valence-corrected chi connectivity index (χ0v) is 10.9. The molecule has 2 aliphatic rings. The number of alkyl halides is 1. The van der Waals surface area contributed by atoms with Crippen LogP contribution in [0.2, 0.25) is 0 Å². The van der Waals surface area contributed by atoms with E-state index in [0.29, 0.717) is 12.8 Å². The number of ether oxygens (including phenoxy) is 1. The molecule has 102 valence electrons. The fourth-order valence-electron chi connectivity index (χ4n) is 2.48. The lowest BCUT2D eigenvalue weighted by atomic mass is 9.78. The standard InChI is InChI=1S/C13H20FNO3/c1-9(2)10-8-18-12(17)15(10)11(16)4-7-13(14)5-3-6-13/h9-10H,3-8H2,1-2H3/t10-/m0/s1. The zero-order valence-electron chi connectivity index (χ0n) is 10.9. The molecule has 0 N–H and O–H groups in total. The number of hydrogen-bond donors (Lipinski definition) is 0. The third kappa shape index (κ3) is 2.49. The second-order valence-corrected chi connectivity index (χ2v) is 5.66. The molecule has 2 amide bonds. The van der Waals surface area contributed by atoms with Crippen molar-refractivity contribution >= 4 is 12.0 Å². The number of halogens is 1. The lowest BCUT2D eigenvalue weighted by Crippen LogP contribution is -2.43. The Balaban J connectivity index is 1.92. The van der Waals surface area contributed by atoms with Crippen LogP contribution < -0.4 is 0 Å². The normalized spacial score (nSPS) is 26.1. The van der Waals surface area contributed by atoms with Gasteiger partial charge in [-0.2, -0.15) is 0 Å². The van der Waals surface area contributed by atoms with E-state index in [0.717, 1.165) is 6.42 Å². The first-order chi connectivity index (χ1) is 8.43. The Labute approximate surface area is 106 Å². The van der Waals surface area contributed by atoms with Crippen molar-refractivity contribution in [2.24, 2.45) is 5.92 Å². The van der Waals surface area contributed by atoms with Crippen molar-refractivity contribution in [2.75, 3.05) is 6.61 Å². The Morgan fingerprint density at radius 2 is 2.22 bits per heavy atom. The van der Waals surface area contributed by atoms with Gasteiger partial charge in [0.15, 0.2) is 0 Å². The molecule has 0 spiro atoms. The van der Waals surface area contributed by atoms with Gasteiger partial charge in [-0.05, 0) is 31.6 Å². The minimum absolute atomic E-state index is 0.0921. The first kappa shape index (κ1) is 13.3. The highest BCUT2D eigenvalue weighted by atomic mass is 19.1. The van der Waals surface area contributed by atoms with Crippen molar-refractivity contribution < 1.29 is 18.7 Å². The van der Waals surface area contributed by atoms with Gasteiger partial charge < -0.3 is 4.74 Å². The first-order valence-electron chi connectivity index (χ1n) is 6.61. The van der Waals surface area contributed by atoms with E-state index in [2.05, 4.69) is 0 Å². The molecule has 5 heteroatoms. The molecular weight excluding hydrogens is 237 g/mol.